The lowest BCUT2D eigenvalue weighted by Gasteiger charge is -2.18. The highest BCUT2D eigenvalue weighted by atomic mass is 35.5. The lowest BCUT2D eigenvalue weighted by atomic mass is 10.2. The molecule has 1 amide bonds. The molecular formula is C17H20Cl2N4O2. The largest absolute Gasteiger partial charge is 0.443 e. The number of hydrazone groups is 1. The van der Waals surface area contributed by atoms with Gasteiger partial charge in [-0.15, -0.1) is 0 Å². The molecule has 2 aromatic rings. The lowest BCUT2D eigenvalue weighted by Crippen LogP contribution is -2.29. The van der Waals surface area contributed by atoms with Crippen LogP contribution in [0.25, 0.3) is 0 Å². The average Bonchev–Trinajstić information content (AvgIpc) is 2.75. The Hall–Kier alpha value is -2.05. The highest BCUT2D eigenvalue weighted by Gasteiger charge is 2.16. The van der Waals surface area contributed by atoms with Gasteiger partial charge in [-0.3, -0.25) is 0 Å². The Labute approximate surface area is 156 Å². The van der Waals surface area contributed by atoms with E-state index in [-0.39, 0.29) is 0 Å². The molecule has 0 saturated carbocycles. The van der Waals surface area contributed by atoms with Gasteiger partial charge >= 0.3 is 6.09 Å². The number of halogens is 2. The molecule has 25 heavy (non-hydrogen) atoms. The van der Waals surface area contributed by atoms with Crippen LogP contribution in [0.4, 0.5) is 4.79 Å². The molecule has 0 bridgehead atoms. The zero-order chi connectivity index (χ0) is 18.6. The van der Waals surface area contributed by atoms with Crippen LogP contribution < -0.4 is 5.43 Å². The molecule has 1 heterocycles. The molecule has 134 valence electrons. The van der Waals surface area contributed by atoms with Gasteiger partial charge < -0.3 is 4.74 Å². The van der Waals surface area contributed by atoms with Crippen LogP contribution in [0.5, 0.6) is 0 Å². The Morgan fingerprint density at radius 1 is 1.32 bits per heavy atom. The molecule has 0 fully saturated rings. The van der Waals surface area contributed by atoms with Crippen LogP contribution in [0, 0.1) is 6.92 Å². The van der Waals surface area contributed by atoms with Gasteiger partial charge in [-0.1, -0.05) is 35.3 Å². The highest BCUT2D eigenvalue weighted by molar-refractivity contribution is 6.32. The Morgan fingerprint density at radius 2 is 1.96 bits per heavy atom. The van der Waals surface area contributed by atoms with Crippen molar-refractivity contribution in [2.24, 2.45) is 5.10 Å². The predicted octanol–water partition coefficient (Wildman–Crippen LogP) is 4.41. The van der Waals surface area contributed by atoms with E-state index < -0.39 is 11.7 Å². The third-order valence-corrected chi connectivity index (χ3v) is 3.75. The first-order valence-corrected chi connectivity index (χ1v) is 8.41. The number of ether oxygens (including phenoxy) is 1. The first-order valence-electron chi connectivity index (χ1n) is 7.65. The molecule has 0 aliphatic carbocycles. The fourth-order valence-electron chi connectivity index (χ4n) is 2.03. The van der Waals surface area contributed by atoms with Crippen molar-refractivity contribution in [3.63, 3.8) is 0 Å². The summed E-state index contributed by atoms with van der Waals surface area (Å²) in [6.45, 7) is 7.65. The van der Waals surface area contributed by atoms with E-state index in [0.717, 1.165) is 5.56 Å². The van der Waals surface area contributed by atoms with E-state index >= 15 is 0 Å². The van der Waals surface area contributed by atoms with Gasteiger partial charge in [-0.05, 0) is 45.4 Å². The van der Waals surface area contributed by atoms with E-state index in [1.807, 2.05) is 31.2 Å². The van der Waals surface area contributed by atoms with Gasteiger partial charge in [0.05, 0.1) is 24.0 Å². The van der Waals surface area contributed by atoms with Crippen LogP contribution in [-0.4, -0.2) is 27.7 Å². The molecule has 1 aromatic heterocycles. The maximum Gasteiger partial charge on any atom is 0.428 e. The summed E-state index contributed by atoms with van der Waals surface area (Å²) in [4.78, 5) is 11.6. The van der Waals surface area contributed by atoms with Crippen LogP contribution in [0.2, 0.25) is 10.2 Å². The summed E-state index contributed by atoms with van der Waals surface area (Å²) in [5.74, 6) is 0. The van der Waals surface area contributed by atoms with Crippen LogP contribution >= 0.6 is 23.2 Å². The summed E-state index contributed by atoms with van der Waals surface area (Å²) < 4.78 is 6.76. The Morgan fingerprint density at radius 3 is 2.56 bits per heavy atom. The molecular weight excluding hydrogens is 363 g/mol. The molecule has 1 N–H and O–H groups in total. The summed E-state index contributed by atoms with van der Waals surface area (Å²) in [5.41, 5.74) is 4.07. The summed E-state index contributed by atoms with van der Waals surface area (Å²) in [7, 11) is 0. The molecule has 2 rings (SSSR count). The standard InChI is InChI=1S/C17H20Cl2N4O2/c1-11-14(9-20-21-16(24)25-17(2,3)4)15(19)23(22-11)10-12-5-7-13(18)8-6-12/h5-9H,10H2,1-4H3,(H,21,24)/b20-9-. The van der Waals surface area contributed by atoms with Crippen molar-refractivity contribution in [1.29, 1.82) is 0 Å². The van der Waals surface area contributed by atoms with Crippen LogP contribution in [0.1, 0.15) is 37.6 Å². The monoisotopic (exact) mass is 382 g/mol. The van der Waals surface area contributed by atoms with E-state index in [4.69, 9.17) is 27.9 Å². The number of nitrogens with zero attached hydrogens (tertiary/aromatic N) is 3. The minimum Gasteiger partial charge on any atom is -0.443 e. The molecule has 6 nitrogen and oxygen atoms in total. The number of aryl methyl sites for hydroxylation is 1. The smallest absolute Gasteiger partial charge is 0.428 e. The van der Waals surface area contributed by atoms with E-state index in [0.29, 0.717) is 28.0 Å². The molecule has 8 heteroatoms. The van der Waals surface area contributed by atoms with Crippen molar-refractivity contribution in [2.45, 2.75) is 39.8 Å². The van der Waals surface area contributed by atoms with Gasteiger partial charge in [0.15, 0.2) is 0 Å². The van der Waals surface area contributed by atoms with Crippen LogP contribution in [-0.2, 0) is 11.3 Å². The maximum atomic E-state index is 11.6. The van der Waals surface area contributed by atoms with Crippen molar-refractivity contribution < 1.29 is 9.53 Å². The first kappa shape index (κ1) is 19.3. The summed E-state index contributed by atoms with van der Waals surface area (Å²) in [5, 5.41) is 9.38. The van der Waals surface area contributed by atoms with Gasteiger partial charge in [0.25, 0.3) is 0 Å². The third kappa shape index (κ3) is 5.76. The van der Waals surface area contributed by atoms with E-state index in [1.54, 1.807) is 25.5 Å². The van der Waals surface area contributed by atoms with Gasteiger partial charge in [0.1, 0.15) is 10.8 Å². The summed E-state index contributed by atoms with van der Waals surface area (Å²) in [6.07, 6.45) is 0.818. The first-order chi connectivity index (χ1) is 11.7. The molecule has 0 saturated heterocycles. The van der Waals surface area contributed by atoms with E-state index in [9.17, 15) is 4.79 Å². The number of nitrogens with one attached hydrogen (secondary N) is 1. The Balaban J connectivity index is 2.07. The minimum absolute atomic E-state index is 0.433. The average molecular weight is 383 g/mol. The Kier molecular flexibility index (Phi) is 6.08. The van der Waals surface area contributed by atoms with Crippen molar-refractivity contribution in [1.82, 2.24) is 15.2 Å². The normalized spacial score (nSPS) is 11.8. The number of amides is 1. The molecule has 0 aliphatic heterocycles. The SMILES string of the molecule is Cc1nn(Cc2ccc(Cl)cc2)c(Cl)c1/C=N\NC(=O)OC(C)(C)C. The van der Waals surface area contributed by atoms with Crippen LogP contribution in [0.3, 0.4) is 0 Å². The fraction of sp³-hybridized carbons (Fsp3) is 0.353. The molecule has 0 spiro atoms. The third-order valence-electron chi connectivity index (χ3n) is 3.10. The molecule has 0 aliphatic rings. The summed E-state index contributed by atoms with van der Waals surface area (Å²) in [6, 6.07) is 7.45. The molecule has 1 aromatic carbocycles. The Bertz CT molecular complexity index is 777. The number of aromatic nitrogens is 2. The zero-order valence-corrected chi connectivity index (χ0v) is 16.0. The number of carbonyl (C=O) groups is 1. The zero-order valence-electron chi connectivity index (χ0n) is 14.5. The van der Waals surface area contributed by atoms with Crippen molar-refractivity contribution in [2.75, 3.05) is 0 Å². The van der Waals surface area contributed by atoms with E-state index in [2.05, 4.69) is 15.6 Å². The number of hydrogen-bond donors (Lipinski definition) is 1. The van der Waals surface area contributed by atoms with Crippen molar-refractivity contribution in [3.05, 3.63) is 51.3 Å². The minimum atomic E-state index is -0.633. The fourth-order valence-corrected chi connectivity index (χ4v) is 2.44. The van der Waals surface area contributed by atoms with Crippen molar-refractivity contribution in [3.8, 4) is 0 Å². The van der Waals surface area contributed by atoms with E-state index in [1.165, 1.54) is 6.21 Å². The van der Waals surface area contributed by atoms with Gasteiger partial charge in [0.2, 0.25) is 0 Å². The maximum absolute atomic E-state index is 11.6. The molecule has 0 radical (unpaired) electrons. The van der Waals surface area contributed by atoms with Gasteiger partial charge in [-0.2, -0.15) is 10.2 Å². The van der Waals surface area contributed by atoms with Gasteiger partial charge in [-0.25, -0.2) is 14.9 Å². The second-order valence-electron chi connectivity index (χ2n) is 6.45. The molecule has 0 unspecified atom stereocenters. The summed E-state index contributed by atoms with van der Waals surface area (Å²) >= 11 is 12.3. The van der Waals surface area contributed by atoms with Crippen LogP contribution in [0.15, 0.2) is 29.4 Å². The number of hydrogen-bond acceptors (Lipinski definition) is 4. The topological polar surface area (TPSA) is 68.5 Å². The lowest BCUT2D eigenvalue weighted by molar-refractivity contribution is 0.0529. The second-order valence-corrected chi connectivity index (χ2v) is 7.24. The van der Waals surface area contributed by atoms with Crippen molar-refractivity contribution >= 4 is 35.5 Å². The van der Waals surface area contributed by atoms with Gasteiger partial charge in [0, 0.05) is 5.02 Å². The quantitative estimate of drug-likeness (QED) is 0.628. The number of rotatable bonds is 4. The second kappa shape index (κ2) is 7.89. The highest BCUT2D eigenvalue weighted by Crippen LogP contribution is 2.20. The molecule has 0 atom stereocenters. The number of carbonyl (C=O) groups excluding carboxylic acids is 1. The number of benzene rings is 1. The predicted molar refractivity (Wildman–Crippen MR) is 99.5 cm³/mol.